The summed E-state index contributed by atoms with van der Waals surface area (Å²) in [4.78, 5) is 10.8. The molecule has 1 aromatic carbocycles. The lowest BCUT2D eigenvalue weighted by atomic mass is 10.1. The third-order valence-corrected chi connectivity index (χ3v) is 4.06. The summed E-state index contributed by atoms with van der Waals surface area (Å²) in [5, 5.41) is 18.0. The van der Waals surface area contributed by atoms with Crippen molar-refractivity contribution in [3.8, 4) is 0 Å². The maximum absolute atomic E-state index is 12.1. The zero-order valence-corrected chi connectivity index (χ0v) is 11.6. The highest BCUT2D eigenvalue weighted by Gasteiger charge is 2.20. The number of nitrogens with one attached hydrogen (secondary N) is 1. The standard InChI is InChI=1S/C12H17NO5S/c1-3-9-4-5-10(12(15)16)6-11(9)19(17,18)13-7-8(2)14/h4-6,8,13-14H,3,7H2,1-2H3,(H,15,16)/t8-/m0/s1. The first-order chi connectivity index (χ1) is 8.77. The molecule has 0 saturated carbocycles. The molecule has 0 radical (unpaired) electrons. The normalized spacial score (nSPS) is 13.2. The van der Waals surface area contributed by atoms with Crippen molar-refractivity contribution in [2.24, 2.45) is 0 Å². The monoisotopic (exact) mass is 287 g/mol. The predicted molar refractivity (Wildman–Crippen MR) is 69.6 cm³/mol. The van der Waals surface area contributed by atoms with E-state index in [-0.39, 0.29) is 17.0 Å². The van der Waals surface area contributed by atoms with Crippen LogP contribution in [0.15, 0.2) is 23.1 Å². The molecule has 6 nitrogen and oxygen atoms in total. The molecule has 7 heteroatoms. The summed E-state index contributed by atoms with van der Waals surface area (Å²) in [6.07, 6.45) is -0.354. The summed E-state index contributed by atoms with van der Waals surface area (Å²) in [7, 11) is -3.83. The number of carboxylic acids is 1. The molecule has 0 amide bonds. The van der Waals surface area contributed by atoms with Gasteiger partial charge >= 0.3 is 5.97 Å². The van der Waals surface area contributed by atoms with E-state index in [2.05, 4.69) is 4.72 Å². The van der Waals surface area contributed by atoms with Crippen LogP contribution in [0.2, 0.25) is 0 Å². The van der Waals surface area contributed by atoms with Gasteiger partial charge < -0.3 is 10.2 Å². The molecule has 1 aromatic rings. The molecule has 0 aliphatic rings. The Labute approximate surface area is 112 Å². The van der Waals surface area contributed by atoms with Gasteiger partial charge in [-0.15, -0.1) is 0 Å². The van der Waals surface area contributed by atoms with Crippen LogP contribution in [-0.4, -0.2) is 37.2 Å². The van der Waals surface area contributed by atoms with Gasteiger partial charge in [-0.3, -0.25) is 0 Å². The van der Waals surface area contributed by atoms with E-state index in [1.807, 2.05) is 0 Å². The van der Waals surface area contributed by atoms with E-state index >= 15 is 0 Å². The van der Waals surface area contributed by atoms with E-state index in [4.69, 9.17) is 10.2 Å². The minimum absolute atomic E-state index is 0.0597. The number of carbonyl (C=O) groups is 1. The lowest BCUT2D eigenvalue weighted by Gasteiger charge is -2.12. The molecular weight excluding hydrogens is 270 g/mol. The topological polar surface area (TPSA) is 104 Å². The molecule has 0 aromatic heterocycles. The number of carboxylic acid groups (broad SMARTS) is 1. The fourth-order valence-corrected chi connectivity index (χ4v) is 2.99. The number of benzene rings is 1. The Morgan fingerprint density at radius 1 is 1.42 bits per heavy atom. The molecule has 1 rings (SSSR count). The number of hydrogen-bond donors (Lipinski definition) is 3. The maximum Gasteiger partial charge on any atom is 0.335 e. The second kappa shape index (κ2) is 6.14. The molecule has 106 valence electrons. The molecule has 0 spiro atoms. The Morgan fingerprint density at radius 2 is 2.05 bits per heavy atom. The number of aryl methyl sites for hydroxylation is 1. The number of aliphatic hydroxyl groups excluding tert-OH is 1. The van der Waals surface area contributed by atoms with Gasteiger partial charge in [0.25, 0.3) is 0 Å². The van der Waals surface area contributed by atoms with Crippen molar-refractivity contribution in [2.45, 2.75) is 31.3 Å². The molecule has 0 saturated heterocycles. The number of aliphatic hydroxyl groups is 1. The SMILES string of the molecule is CCc1ccc(C(=O)O)cc1S(=O)(=O)NC[C@H](C)O. The summed E-state index contributed by atoms with van der Waals surface area (Å²) in [6.45, 7) is 3.11. The number of hydrogen-bond acceptors (Lipinski definition) is 4. The molecule has 0 aliphatic carbocycles. The Hall–Kier alpha value is -1.44. The van der Waals surface area contributed by atoms with Gasteiger partial charge in [0.2, 0.25) is 10.0 Å². The van der Waals surface area contributed by atoms with E-state index in [1.165, 1.54) is 19.1 Å². The van der Waals surface area contributed by atoms with Crippen LogP contribution >= 0.6 is 0 Å². The van der Waals surface area contributed by atoms with E-state index in [0.29, 0.717) is 12.0 Å². The van der Waals surface area contributed by atoms with Gasteiger partial charge in [-0.05, 0) is 31.0 Å². The molecule has 0 aliphatic heterocycles. The van der Waals surface area contributed by atoms with Crippen molar-refractivity contribution < 1.29 is 23.4 Å². The maximum atomic E-state index is 12.1. The Morgan fingerprint density at radius 3 is 2.53 bits per heavy atom. The summed E-state index contributed by atoms with van der Waals surface area (Å²) in [6, 6.07) is 3.99. The van der Waals surface area contributed by atoms with Crippen LogP contribution in [0.5, 0.6) is 0 Å². The first-order valence-corrected chi connectivity index (χ1v) is 7.30. The molecular formula is C12H17NO5S. The molecule has 0 heterocycles. The van der Waals surface area contributed by atoms with Crippen LogP contribution in [-0.2, 0) is 16.4 Å². The Balaban J connectivity index is 3.22. The van der Waals surface area contributed by atoms with Crippen molar-refractivity contribution in [3.05, 3.63) is 29.3 Å². The molecule has 3 N–H and O–H groups in total. The van der Waals surface area contributed by atoms with Gasteiger partial charge in [0.1, 0.15) is 0 Å². The van der Waals surface area contributed by atoms with Crippen LogP contribution < -0.4 is 4.72 Å². The second-order valence-corrected chi connectivity index (χ2v) is 5.92. The zero-order valence-electron chi connectivity index (χ0n) is 10.8. The Bertz CT molecular complexity index is 565. The van der Waals surface area contributed by atoms with Gasteiger partial charge in [-0.1, -0.05) is 13.0 Å². The van der Waals surface area contributed by atoms with Crippen molar-refractivity contribution >= 4 is 16.0 Å². The lowest BCUT2D eigenvalue weighted by molar-refractivity contribution is 0.0696. The van der Waals surface area contributed by atoms with Crippen molar-refractivity contribution in [2.75, 3.05) is 6.54 Å². The first kappa shape index (κ1) is 15.6. The highest BCUT2D eigenvalue weighted by molar-refractivity contribution is 7.89. The van der Waals surface area contributed by atoms with Crippen molar-refractivity contribution in [1.82, 2.24) is 4.72 Å². The summed E-state index contributed by atoms with van der Waals surface area (Å²) >= 11 is 0. The van der Waals surface area contributed by atoms with Crippen LogP contribution in [0.1, 0.15) is 29.8 Å². The van der Waals surface area contributed by atoms with Gasteiger partial charge in [0.15, 0.2) is 0 Å². The number of aromatic carboxylic acids is 1. The van der Waals surface area contributed by atoms with E-state index in [0.717, 1.165) is 6.07 Å². The minimum atomic E-state index is -3.83. The zero-order chi connectivity index (χ0) is 14.6. The van der Waals surface area contributed by atoms with Crippen molar-refractivity contribution in [1.29, 1.82) is 0 Å². The fourth-order valence-electron chi connectivity index (χ4n) is 1.54. The van der Waals surface area contributed by atoms with E-state index in [1.54, 1.807) is 6.92 Å². The minimum Gasteiger partial charge on any atom is -0.478 e. The predicted octanol–water partition coefficient (Wildman–Crippen LogP) is 0.606. The molecule has 0 unspecified atom stereocenters. The molecule has 1 atom stereocenters. The summed E-state index contributed by atoms with van der Waals surface area (Å²) in [5.41, 5.74) is 0.442. The van der Waals surface area contributed by atoms with Crippen LogP contribution in [0.4, 0.5) is 0 Å². The summed E-state index contributed by atoms with van der Waals surface area (Å²) in [5.74, 6) is -1.19. The van der Waals surface area contributed by atoms with Crippen LogP contribution in [0.3, 0.4) is 0 Å². The van der Waals surface area contributed by atoms with Gasteiger partial charge in [0, 0.05) is 6.54 Å². The molecule has 0 fully saturated rings. The van der Waals surface area contributed by atoms with E-state index in [9.17, 15) is 13.2 Å². The molecule has 0 bridgehead atoms. The molecule has 19 heavy (non-hydrogen) atoms. The smallest absolute Gasteiger partial charge is 0.335 e. The number of sulfonamides is 1. The highest BCUT2D eigenvalue weighted by atomic mass is 32.2. The fraction of sp³-hybridized carbons (Fsp3) is 0.417. The Kier molecular flexibility index (Phi) is 5.04. The third kappa shape index (κ3) is 4.02. The second-order valence-electron chi connectivity index (χ2n) is 4.18. The van der Waals surface area contributed by atoms with Crippen molar-refractivity contribution in [3.63, 3.8) is 0 Å². The third-order valence-electron chi connectivity index (χ3n) is 2.55. The lowest BCUT2D eigenvalue weighted by Crippen LogP contribution is -2.31. The average Bonchev–Trinajstić information content (AvgIpc) is 2.35. The van der Waals surface area contributed by atoms with Gasteiger partial charge in [0.05, 0.1) is 16.6 Å². The van der Waals surface area contributed by atoms with Crippen LogP contribution in [0, 0.1) is 0 Å². The van der Waals surface area contributed by atoms with E-state index < -0.39 is 22.1 Å². The highest BCUT2D eigenvalue weighted by Crippen LogP contribution is 2.18. The first-order valence-electron chi connectivity index (χ1n) is 5.82. The average molecular weight is 287 g/mol. The summed E-state index contributed by atoms with van der Waals surface area (Å²) < 4.78 is 26.4. The van der Waals surface area contributed by atoms with Gasteiger partial charge in [-0.25, -0.2) is 17.9 Å². The number of rotatable bonds is 6. The van der Waals surface area contributed by atoms with Crippen LogP contribution in [0.25, 0.3) is 0 Å². The van der Waals surface area contributed by atoms with Gasteiger partial charge in [-0.2, -0.15) is 0 Å². The quantitative estimate of drug-likeness (QED) is 0.711. The largest absolute Gasteiger partial charge is 0.478 e.